The summed E-state index contributed by atoms with van der Waals surface area (Å²) in [5.74, 6) is 1.11. The molecule has 2 N–H and O–H groups in total. The molecule has 0 bridgehead atoms. The number of H-pyrrole nitrogens is 1. The number of anilines is 1. The van der Waals surface area contributed by atoms with Gasteiger partial charge in [-0.05, 0) is 19.1 Å². The summed E-state index contributed by atoms with van der Waals surface area (Å²) in [5.41, 5.74) is 0.231. The number of morpholine rings is 1. The highest BCUT2D eigenvalue weighted by Crippen LogP contribution is 2.38. The minimum absolute atomic E-state index is 0.0349. The van der Waals surface area contributed by atoms with Crippen molar-refractivity contribution in [3.63, 3.8) is 0 Å². The van der Waals surface area contributed by atoms with Crippen molar-refractivity contribution >= 4 is 16.9 Å². The van der Waals surface area contributed by atoms with Crippen LogP contribution in [-0.4, -0.2) is 58.3 Å². The fraction of sp³-hybridized carbons (Fsp3) is 0.429. The van der Waals surface area contributed by atoms with Gasteiger partial charge in [-0.2, -0.15) is 13.2 Å². The summed E-state index contributed by atoms with van der Waals surface area (Å²) in [6.07, 6.45) is -3.13. The van der Waals surface area contributed by atoms with Crippen molar-refractivity contribution in [2.24, 2.45) is 0 Å². The Morgan fingerprint density at radius 2 is 2.06 bits per heavy atom. The molecule has 0 spiro atoms. The van der Waals surface area contributed by atoms with Crippen LogP contribution < -0.4 is 10.1 Å². The molecule has 10 heteroatoms. The number of para-hydroxylation sites is 1. The lowest BCUT2D eigenvalue weighted by Gasteiger charge is -2.43. The second kappa shape index (κ2) is 7.69. The second-order valence-corrected chi connectivity index (χ2v) is 7.88. The number of hydrogen-bond acceptors (Lipinski definition) is 6. The molecule has 4 heterocycles. The van der Waals surface area contributed by atoms with Gasteiger partial charge in [-0.25, -0.2) is 9.97 Å². The van der Waals surface area contributed by atoms with Gasteiger partial charge in [0.2, 0.25) is 0 Å². The second-order valence-electron chi connectivity index (χ2n) is 7.88. The summed E-state index contributed by atoms with van der Waals surface area (Å²) in [5, 5.41) is 3.71. The molecule has 3 aromatic rings. The Labute approximate surface area is 176 Å². The number of alkyl halides is 3. The quantitative estimate of drug-likeness (QED) is 0.657. The first-order valence-electron chi connectivity index (χ1n) is 10.1. The van der Waals surface area contributed by atoms with E-state index in [-0.39, 0.29) is 23.8 Å². The molecule has 0 saturated carbocycles. The zero-order valence-electron chi connectivity index (χ0n) is 16.8. The number of nitrogens with one attached hydrogen (secondary N) is 2. The molecule has 5 rings (SSSR count). The Kier molecular flexibility index (Phi) is 4.98. The lowest BCUT2D eigenvalue weighted by molar-refractivity contribution is -0.140. The summed E-state index contributed by atoms with van der Waals surface area (Å²) >= 11 is 0. The fourth-order valence-electron chi connectivity index (χ4n) is 4.34. The highest BCUT2D eigenvalue weighted by Gasteiger charge is 2.38. The topological polar surface area (TPSA) is 75.3 Å². The van der Waals surface area contributed by atoms with Gasteiger partial charge in [0.25, 0.3) is 0 Å². The molecule has 0 amide bonds. The Morgan fingerprint density at radius 3 is 2.87 bits per heavy atom. The summed E-state index contributed by atoms with van der Waals surface area (Å²) < 4.78 is 51.4. The van der Waals surface area contributed by atoms with Gasteiger partial charge in [0, 0.05) is 18.7 Å². The van der Waals surface area contributed by atoms with E-state index in [0.29, 0.717) is 24.4 Å². The minimum Gasteiger partial charge on any atom is -0.491 e. The summed E-state index contributed by atoms with van der Waals surface area (Å²) in [6.45, 7) is 4.60. The molecular weight excluding hydrogens is 411 g/mol. The first-order chi connectivity index (χ1) is 14.9. The van der Waals surface area contributed by atoms with Crippen molar-refractivity contribution < 1.29 is 22.6 Å². The first-order valence-corrected chi connectivity index (χ1v) is 10.1. The van der Waals surface area contributed by atoms with Crippen LogP contribution in [-0.2, 0) is 10.9 Å². The van der Waals surface area contributed by atoms with Gasteiger partial charge >= 0.3 is 6.18 Å². The first kappa shape index (κ1) is 20.1. The van der Waals surface area contributed by atoms with Gasteiger partial charge in [-0.3, -0.25) is 4.90 Å². The maximum atomic E-state index is 13.2. The Balaban J connectivity index is 1.54. The number of halogens is 3. The Morgan fingerprint density at radius 1 is 1.23 bits per heavy atom. The molecule has 2 aliphatic rings. The minimum atomic E-state index is -4.49. The molecule has 0 radical (unpaired) electrons. The monoisotopic (exact) mass is 433 g/mol. The standard InChI is InChI=1S/C21H22F3N5O2/c1-12-9-29(6-7-30-12)15-10-31-16-5-3-2-4-13(16)18(15)28-20-14-8-17(21(22,23)24)27-19(14)25-11-26-20/h2-5,8,11-12,15,18H,6-7,9-10H2,1H3,(H2,25,26,27,28)/t12-,15+,18+/m1/s1. The summed E-state index contributed by atoms with van der Waals surface area (Å²) in [4.78, 5) is 12.9. The highest BCUT2D eigenvalue weighted by atomic mass is 19.4. The van der Waals surface area contributed by atoms with Crippen LogP contribution in [0.5, 0.6) is 5.75 Å². The van der Waals surface area contributed by atoms with E-state index in [1.807, 2.05) is 31.2 Å². The number of aromatic nitrogens is 3. The predicted octanol–water partition coefficient (Wildman–Crippen LogP) is 3.61. The van der Waals surface area contributed by atoms with Crippen molar-refractivity contribution in [2.75, 3.05) is 31.6 Å². The number of ether oxygens (including phenoxy) is 2. The molecule has 7 nitrogen and oxygen atoms in total. The molecule has 1 aromatic carbocycles. The number of hydrogen-bond donors (Lipinski definition) is 2. The van der Waals surface area contributed by atoms with E-state index in [4.69, 9.17) is 9.47 Å². The van der Waals surface area contributed by atoms with Gasteiger partial charge in [0.1, 0.15) is 35.8 Å². The van der Waals surface area contributed by atoms with Crippen LogP contribution in [0, 0.1) is 0 Å². The normalized spacial score (nSPS) is 24.6. The molecule has 164 valence electrons. The van der Waals surface area contributed by atoms with E-state index in [1.54, 1.807) is 0 Å². The maximum absolute atomic E-state index is 13.2. The van der Waals surface area contributed by atoms with Crippen molar-refractivity contribution in [1.29, 1.82) is 0 Å². The van der Waals surface area contributed by atoms with Gasteiger partial charge in [0.05, 0.1) is 30.2 Å². The fourth-order valence-corrected chi connectivity index (χ4v) is 4.34. The van der Waals surface area contributed by atoms with Crippen LogP contribution in [0.4, 0.5) is 19.0 Å². The number of aromatic amines is 1. The molecule has 2 aliphatic heterocycles. The Hall–Kier alpha value is -2.85. The third kappa shape index (κ3) is 3.81. The van der Waals surface area contributed by atoms with Crippen LogP contribution in [0.15, 0.2) is 36.7 Å². The third-order valence-electron chi connectivity index (χ3n) is 5.81. The van der Waals surface area contributed by atoms with Gasteiger partial charge in [0.15, 0.2) is 0 Å². The zero-order chi connectivity index (χ0) is 21.6. The predicted molar refractivity (Wildman–Crippen MR) is 108 cm³/mol. The maximum Gasteiger partial charge on any atom is 0.431 e. The molecule has 2 aromatic heterocycles. The average Bonchev–Trinajstić information content (AvgIpc) is 3.20. The van der Waals surface area contributed by atoms with Gasteiger partial charge in [-0.15, -0.1) is 0 Å². The lowest BCUT2D eigenvalue weighted by Crippen LogP contribution is -2.54. The average molecular weight is 433 g/mol. The Bertz CT molecular complexity index is 1090. The molecule has 3 atom stereocenters. The number of benzene rings is 1. The van der Waals surface area contributed by atoms with E-state index < -0.39 is 11.9 Å². The van der Waals surface area contributed by atoms with E-state index in [9.17, 15) is 13.2 Å². The van der Waals surface area contributed by atoms with E-state index in [2.05, 4.69) is 25.2 Å². The van der Waals surface area contributed by atoms with E-state index >= 15 is 0 Å². The molecule has 0 aliphatic carbocycles. The number of rotatable bonds is 3. The largest absolute Gasteiger partial charge is 0.491 e. The number of fused-ring (bicyclic) bond motifs is 2. The molecule has 1 saturated heterocycles. The van der Waals surface area contributed by atoms with Crippen molar-refractivity contribution in [3.05, 3.63) is 47.9 Å². The van der Waals surface area contributed by atoms with Crippen molar-refractivity contribution in [3.8, 4) is 5.75 Å². The van der Waals surface area contributed by atoms with Crippen molar-refractivity contribution in [1.82, 2.24) is 19.9 Å². The van der Waals surface area contributed by atoms with Crippen LogP contribution in [0.25, 0.3) is 11.0 Å². The zero-order valence-corrected chi connectivity index (χ0v) is 16.8. The summed E-state index contributed by atoms with van der Waals surface area (Å²) in [7, 11) is 0. The van der Waals surface area contributed by atoms with E-state index in [1.165, 1.54) is 6.33 Å². The van der Waals surface area contributed by atoms with E-state index in [0.717, 1.165) is 30.5 Å². The SMILES string of the molecule is C[C@@H]1CN([C@H]2COc3ccccc3[C@@H]2Nc2ncnc3[nH]c(C(F)(F)F)cc23)CCO1. The molecule has 0 unspecified atom stereocenters. The van der Waals surface area contributed by atoms with Crippen LogP contribution in [0.2, 0.25) is 0 Å². The smallest absolute Gasteiger partial charge is 0.431 e. The van der Waals surface area contributed by atoms with Crippen LogP contribution >= 0.6 is 0 Å². The molecule has 1 fully saturated rings. The number of nitrogens with zero attached hydrogens (tertiary/aromatic N) is 3. The van der Waals surface area contributed by atoms with Gasteiger partial charge < -0.3 is 19.8 Å². The molecular formula is C21H22F3N5O2. The van der Waals surface area contributed by atoms with Crippen molar-refractivity contribution in [2.45, 2.75) is 31.3 Å². The third-order valence-corrected chi connectivity index (χ3v) is 5.81. The summed E-state index contributed by atoms with van der Waals surface area (Å²) in [6, 6.07) is 8.49. The van der Waals surface area contributed by atoms with Crippen LogP contribution in [0.3, 0.4) is 0 Å². The molecule has 31 heavy (non-hydrogen) atoms. The van der Waals surface area contributed by atoms with Gasteiger partial charge in [-0.1, -0.05) is 18.2 Å². The highest BCUT2D eigenvalue weighted by molar-refractivity contribution is 5.88. The van der Waals surface area contributed by atoms with Crippen LogP contribution in [0.1, 0.15) is 24.2 Å². The lowest BCUT2D eigenvalue weighted by atomic mass is 9.94.